The van der Waals surface area contributed by atoms with Crippen molar-refractivity contribution in [2.75, 3.05) is 6.54 Å². The van der Waals surface area contributed by atoms with Crippen molar-refractivity contribution in [3.63, 3.8) is 0 Å². The Kier molecular flexibility index (Phi) is 5.00. The molecule has 0 spiro atoms. The zero-order chi connectivity index (χ0) is 13.7. The van der Waals surface area contributed by atoms with E-state index < -0.39 is 0 Å². The van der Waals surface area contributed by atoms with Crippen LogP contribution in [-0.4, -0.2) is 6.54 Å². The van der Waals surface area contributed by atoms with Gasteiger partial charge in [-0.1, -0.05) is 47.1 Å². The van der Waals surface area contributed by atoms with Gasteiger partial charge in [-0.05, 0) is 37.2 Å². The van der Waals surface area contributed by atoms with Crippen molar-refractivity contribution in [2.24, 2.45) is 0 Å². The molecule has 0 amide bonds. The predicted octanol–water partition coefficient (Wildman–Crippen LogP) is 4.66. The van der Waals surface area contributed by atoms with E-state index in [0.29, 0.717) is 0 Å². The lowest BCUT2D eigenvalue weighted by molar-refractivity contribution is 0.469. The molecule has 0 radical (unpaired) electrons. The lowest BCUT2D eigenvalue weighted by Gasteiger charge is -2.13. The quantitative estimate of drug-likeness (QED) is 0.865. The van der Waals surface area contributed by atoms with Gasteiger partial charge in [-0.25, -0.2) is 0 Å². The molecule has 0 bridgehead atoms. The number of aryl methyl sites for hydroxylation is 1. The molecule has 0 aliphatic rings. The fourth-order valence-electron chi connectivity index (χ4n) is 1.81. The molecule has 0 aliphatic carbocycles. The molecule has 2 nitrogen and oxygen atoms in total. The summed E-state index contributed by atoms with van der Waals surface area (Å²) in [5.74, 6) is 1.79. The third-order valence-corrected chi connectivity index (χ3v) is 3.40. The highest BCUT2D eigenvalue weighted by Crippen LogP contribution is 2.30. The van der Waals surface area contributed by atoms with Gasteiger partial charge in [0.1, 0.15) is 11.5 Å². The van der Waals surface area contributed by atoms with Gasteiger partial charge in [0, 0.05) is 16.6 Å². The first-order valence-electron chi connectivity index (χ1n) is 6.43. The summed E-state index contributed by atoms with van der Waals surface area (Å²) in [6.45, 7) is 5.92. The first-order chi connectivity index (χ1) is 9.20. The average Bonchev–Trinajstić information content (AvgIpc) is 2.42. The smallest absolute Gasteiger partial charge is 0.131 e. The van der Waals surface area contributed by atoms with Crippen LogP contribution in [0.25, 0.3) is 0 Å². The number of halogens is 1. The summed E-state index contributed by atoms with van der Waals surface area (Å²) in [4.78, 5) is 0. The van der Waals surface area contributed by atoms with Crippen molar-refractivity contribution >= 4 is 15.9 Å². The number of benzene rings is 2. The van der Waals surface area contributed by atoms with Crippen molar-refractivity contribution < 1.29 is 4.74 Å². The third-order valence-electron chi connectivity index (χ3n) is 2.91. The highest BCUT2D eigenvalue weighted by atomic mass is 79.9. The van der Waals surface area contributed by atoms with Crippen LogP contribution in [0.5, 0.6) is 11.5 Å². The number of ether oxygens (including phenoxy) is 1. The van der Waals surface area contributed by atoms with Gasteiger partial charge in [-0.3, -0.25) is 0 Å². The molecule has 2 rings (SSSR count). The maximum absolute atomic E-state index is 6.05. The fraction of sp³-hybridized carbons (Fsp3) is 0.250. The highest BCUT2D eigenvalue weighted by Gasteiger charge is 2.06. The van der Waals surface area contributed by atoms with E-state index in [1.807, 2.05) is 36.4 Å². The minimum absolute atomic E-state index is 0.819. The largest absolute Gasteiger partial charge is 0.457 e. The van der Waals surface area contributed by atoms with Gasteiger partial charge < -0.3 is 10.1 Å². The SMILES string of the molecule is CCNCc1ccccc1Oc1cc(Br)ccc1C. The van der Waals surface area contributed by atoms with E-state index in [9.17, 15) is 0 Å². The van der Waals surface area contributed by atoms with Crippen LogP contribution in [0.1, 0.15) is 18.1 Å². The molecule has 19 heavy (non-hydrogen) atoms. The van der Waals surface area contributed by atoms with Crippen LogP contribution in [0, 0.1) is 6.92 Å². The Morgan fingerprint density at radius 1 is 1.11 bits per heavy atom. The van der Waals surface area contributed by atoms with E-state index in [1.165, 1.54) is 5.56 Å². The molecule has 0 saturated carbocycles. The summed E-state index contributed by atoms with van der Waals surface area (Å²) in [6.07, 6.45) is 0. The lowest BCUT2D eigenvalue weighted by Crippen LogP contribution is -2.12. The summed E-state index contributed by atoms with van der Waals surface area (Å²) in [5, 5.41) is 3.33. The minimum atomic E-state index is 0.819. The first-order valence-corrected chi connectivity index (χ1v) is 7.22. The summed E-state index contributed by atoms with van der Waals surface area (Å²) in [6, 6.07) is 14.2. The molecule has 2 aromatic rings. The average molecular weight is 320 g/mol. The summed E-state index contributed by atoms with van der Waals surface area (Å²) in [7, 11) is 0. The van der Waals surface area contributed by atoms with Crippen molar-refractivity contribution in [2.45, 2.75) is 20.4 Å². The molecule has 3 heteroatoms. The van der Waals surface area contributed by atoms with Crippen molar-refractivity contribution in [1.29, 1.82) is 0 Å². The molecular formula is C16H18BrNO. The molecule has 0 saturated heterocycles. The van der Waals surface area contributed by atoms with E-state index in [1.54, 1.807) is 0 Å². The topological polar surface area (TPSA) is 21.3 Å². The fourth-order valence-corrected chi connectivity index (χ4v) is 2.15. The van der Waals surface area contributed by atoms with Crippen LogP contribution in [0.2, 0.25) is 0 Å². The van der Waals surface area contributed by atoms with Crippen molar-refractivity contribution in [3.05, 3.63) is 58.1 Å². The Bertz CT molecular complexity index is 554. The van der Waals surface area contributed by atoms with E-state index in [0.717, 1.165) is 34.6 Å². The van der Waals surface area contributed by atoms with Gasteiger partial charge in [-0.2, -0.15) is 0 Å². The summed E-state index contributed by atoms with van der Waals surface area (Å²) in [5.41, 5.74) is 2.30. The van der Waals surface area contributed by atoms with Crippen LogP contribution in [0.3, 0.4) is 0 Å². The Hall–Kier alpha value is -1.32. The van der Waals surface area contributed by atoms with E-state index in [2.05, 4.69) is 41.2 Å². The van der Waals surface area contributed by atoms with Crippen LogP contribution in [0.4, 0.5) is 0 Å². The van der Waals surface area contributed by atoms with Crippen LogP contribution < -0.4 is 10.1 Å². The molecule has 0 aromatic heterocycles. The third kappa shape index (κ3) is 3.82. The monoisotopic (exact) mass is 319 g/mol. The van der Waals surface area contributed by atoms with Gasteiger partial charge in [0.05, 0.1) is 0 Å². The molecule has 0 heterocycles. The second-order valence-corrected chi connectivity index (χ2v) is 5.32. The van der Waals surface area contributed by atoms with Crippen LogP contribution >= 0.6 is 15.9 Å². The van der Waals surface area contributed by atoms with E-state index in [-0.39, 0.29) is 0 Å². The Balaban J connectivity index is 2.25. The van der Waals surface area contributed by atoms with E-state index in [4.69, 9.17) is 4.74 Å². The second kappa shape index (κ2) is 6.73. The van der Waals surface area contributed by atoms with Gasteiger partial charge in [0.2, 0.25) is 0 Å². The molecule has 2 aromatic carbocycles. The number of para-hydroxylation sites is 1. The molecule has 100 valence electrons. The standard InChI is InChI=1S/C16H18BrNO/c1-3-18-11-13-6-4-5-7-15(13)19-16-10-14(17)9-8-12(16)2/h4-10,18H,3,11H2,1-2H3. The maximum Gasteiger partial charge on any atom is 0.131 e. The first kappa shape index (κ1) is 14.1. The summed E-state index contributed by atoms with van der Waals surface area (Å²) >= 11 is 3.48. The van der Waals surface area contributed by atoms with Crippen LogP contribution in [0.15, 0.2) is 46.9 Å². The minimum Gasteiger partial charge on any atom is -0.457 e. The number of nitrogens with one attached hydrogen (secondary N) is 1. The number of rotatable bonds is 5. The van der Waals surface area contributed by atoms with Crippen LogP contribution in [-0.2, 0) is 6.54 Å². The molecule has 0 unspecified atom stereocenters. The molecule has 0 aliphatic heterocycles. The molecule has 1 N–H and O–H groups in total. The Labute approximate surface area is 122 Å². The van der Waals surface area contributed by atoms with Gasteiger partial charge in [-0.15, -0.1) is 0 Å². The Morgan fingerprint density at radius 2 is 1.89 bits per heavy atom. The zero-order valence-corrected chi connectivity index (χ0v) is 12.8. The summed E-state index contributed by atoms with van der Waals surface area (Å²) < 4.78 is 7.07. The van der Waals surface area contributed by atoms with E-state index >= 15 is 0 Å². The Morgan fingerprint density at radius 3 is 2.68 bits per heavy atom. The highest BCUT2D eigenvalue weighted by molar-refractivity contribution is 9.10. The molecular weight excluding hydrogens is 302 g/mol. The maximum atomic E-state index is 6.05. The zero-order valence-electron chi connectivity index (χ0n) is 11.2. The van der Waals surface area contributed by atoms with Gasteiger partial charge >= 0.3 is 0 Å². The van der Waals surface area contributed by atoms with Gasteiger partial charge in [0.15, 0.2) is 0 Å². The predicted molar refractivity (Wildman–Crippen MR) is 82.8 cm³/mol. The van der Waals surface area contributed by atoms with Crippen molar-refractivity contribution in [3.8, 4) is 11.5 Å². The van der Waals surface area contributed by atoms with Gasteiger partial charge in [0.25, 0.3) is 0 Å². The number of hydrogen-bond acceptors (Lipinski definition) is 2. The molecule has 0 fully saturated rings. The van der Waals surface area contributed by atoms with Crippen molar-refractivity contribution in [1.82, 2.24) is 5.32 Å². The lowest BCUT2D eigenvalue weighted by atomic mass is 10.2. The number of hydrogen-bond donors (Lipinski definition) is 1. The normalized spacial score (nSPS) is 10.5. The second-order valence-electron chi connectivity index (χ2n) is 4.40. The molecule has 0 atom stereocenters.